The molecule has 4 N–H and O–H groups in total. The van der Waals surface area contributed by atoms with Crippen molar-refractivity contribution in [2.75, 3.05) is 7.11 Å². The number of carbonyl (C=O) groups is 2. The van der Waals surface area contributed by atoms with Crippen LogP contribution >= 0.6 is 0 Å². The van der Waals surface area contributed by atoms with Crippen molar-refractivity contribution in [2.24, 2.45) is 0 Å². The van der Waals surface area contributed by atoms with Crippen LogP contribution in [-0.2, 0) is 4.79 Å². The summed E-state index contributed by atoms with van der Waals surface area (Å²) >= 11 is 0. The number of carboxylic acid groups (broad SMARTS) is 1. The highest BCUT2D eigenvalue weighted by atomic mass is 16.5. The van der Waals surface area contributed by atoms with Gasteiger partial charge < -0.3 is 25.4 Å². The number of phenolic OH excluding ortho intramolecular Hbond substituents is 1. The number of carbonyl (C=O) groups excluding carboxylic acids is 1. The molecule has 1 rings (SSSR count). The zero-order valence-corrected chi connectivity index (χ0v) is 10.5. The van der Waals surface area contributed by atoms with E-state index < -0.39 is 24.0 Å². The van der Waals surface area contributed by atoms with Crippen LogP contribution in [0.4, 0.5) is 0 Å². The van der Waals surface area contributed by atoms with Crippen molar-refractivity contribution in [1.82, 2.24) is 5.32 Å². The maximum absolute atomic E-state index is 11.8. The van der Waals surface area contributed by atoms with Crippen molar-refractivity contribution in [3.05, 3.63) is 23.8 Å². The van der Waals surface area contributed by atoms with Crippen molar-refractivity contribution in [2.45, 2.75) is 19.1 Å². The lowest BCUT2D eigenvalue weighted by Crippen LogP contribution is -2.47. The molecule has 2 unspecified atom stereocenters. The Morgan fingerprint density at radius 1 is 1.37 bits per heavy atom. The number of amides is 1. The van der Waals surface area contributed by atoms with E-state index in [9.17, 15) is 19.8 Å². The van der Waals surface area contributed by atoms with E-state index >= 15 is 0 Å². The average Bonchev–Trinajstić information content (AvgIpc) is 2.35. The standard InChI is InChI=1S/C12H15NO6/c1-6(14)10(12(17)18)13-11(16)7-3-4-8(15)9(5-7)19-2/h3-6,10,14-15H,1-2H3,(H,13,16)(H,17,18). The van der Waals surface area contributed by atoms with Crippen LogP contribution in [0.25, 0.3) is 0 Å². The molecule has 1 amide bonds. The molecule has 0 fully saturated rings. The monoisotopic (exact) mass is 269 g/mol. The second kappa shape index (κ2) is 6.05. The molecular formula is C12H15NO6. The van der Waals surface area contributed by atoms with Gasteiger partial charge in [-0.15, -0.1) is 0 Å². The first-order valence-corrected chi connectivity index (χ1v) is 5.45. The molecule has 0 radical (unpaired) electrons. The Morgan fingerprint density at radius 2 is 2.00 bits per heavy atom. The number of rotatable bonds is 5. The fourth-order valence-electron chi connectivity index (χ4n) is 1.43. The van der Waals surface area contributed by atoms with Crippen molar-refractivity contribution in [1.29, 1.82) is 0 Å². The Labute approximate surface area is 109 Å². The van der Waals surface area contributed by atoms with E-state index in [1.165, 1.54) is 32.2 Å². The summed E-state index contributed by atoms with van der Waals surface area (Å²) in [5.41, 5.74) is 0.113. The lowest BCUT2D eigenvalue weighted by molar-refractivity contribution is -0.141. The largest absolute Gasteiger partial charge is 0.504 e. The normalized spacial score (nSPS) is 13.4. The highest BCUT2D eigenvalue weighted by Gasteiger charge is 2.25. The first-order chi connectivity index (χ1) is 8.86. The molecule has 0 aliphatic carbocycles. The molecule has 0 aliphatic heterocycles. The Bertz CT molecular complexity index is 485. The lowest BCUT2D eigenvalue weighted by Gasteiger charge is -2.17. The van der Waals surface area contributed by atoms with Crippen LogP contribution in [-0.4, -0.2) is 46.5 Å². The summed E-state index contributed by atoms with van der Waals surface area (Å²) in [6, 6.07) is 2.43. The van der Waals surface area contributed by atoms with E-state index in [0.29, 0.717) is 0 Å². The van der Waals surface area contributed by atoms with Crippen LogP contribution in [0.2, 0.25) is 0 Å². The van der Waals surface area contributed by atoms with E-state index in [1.54, 1.807) is 0 Å². The quantitative estimate of drug-likeness (QED) is 0.596. The first kappa shape index (κ1) is 14.8. The van der Waals surface area contributed by atoms with Gasteiger partial charge in [0, 0.05) is 5.56 Å². The fraction of sp³-hybridized carbons (Fsp3) is 0.333. The Balaban J connectivity index is 2.91. The number of aliphatic hydroxyl groups excluding tert-OH is 1. The third kappa shape index (κ3) is 3.59. The number of aliphatic carboxylic acids is 1. The summed E-state index contributed by atoms with van der Waals surface area (Å²) in [5.74, 6) is -2.07. The molecule has 0 aromatic heterocycles. The summed E-state index contributed by atoms with van der Waals surface area (Å²) < 4.78 is 4.84. The minimum absolute atomic E-state index is 0.0940. The molecule has 0 saturated carbocycles. The molecule has 0 saturated heterocycles. The maximum Gasteiger partial charge on any atom is 0.328 e. The molecule has 0 heterocycles. The topological polar surface area (TPSA) is 116 Å². The zero-order valence-electron chi connectivity index (χ0n) is 10.5. The number of benzene rings is 1. The number of methoxy groups -OCH3 is 1. The van der Waals surface area contributed by atoms with Gasteiger partial charge in [-0.3, -0.25) is 4.79 Å². The van der Waals surface area contributed by atoms with Gasteiger partial charge in [0.2, 0.25) is 0 Å². The molecule has 19 heavy (non-hydrogen) atoms. The molecule has 2 atom stereocenters. The van der Waals surface area contributed by atoms with Gasteiger partial charge in [-0.25, -0.2) is 4.79 Å². The number of hydrogen-bond donors (Lipinski definition) is 4. The molecular weight excluding hydrogens is 254 g/mol. The average molecular weight is 269 g/mol. The second-order valence-electron chi connectivity index (χ2n) is 3.92. The Morgan fingerprint density at radius 3 is 2.47 bits per heavy atom. The maximum atomic E-state index is 11.8. The van der Waals surface area contributed by atoms with Gasteiger partial charge in [-0.05, 0) is 25.1 Å². The first-order valence-electron chi connectivity index (χ1n) is 5.45. The summed E-state index contributed by atoms with van der Waals surface area (Å²) in [4.78, 5) is 22.7. The summed E-state index contributed by atoms with van der Waals surface area (Å²) in [7, 11) is 1.33. The van der Waals surface area contributed by atoms with Gasteiger partial charge in [0.05, 0.1) is 13.2 Å². The number of phenols is 1. The van der Waals surface area contributed by atoms with Gasteiger partial charge in [-0.2, -0.15) is 0 Å². The highest BCUT2D eigenvalue weighted by Crippen LogP contribution is 2.26. The van der Waals surface area contributed by atoms with Gasteiger partial charge in [0.1, 0.15) is 0 Å². The Kier molecular flexibility index (Phi) is 4.71. The molecule has 0 spiro atoms. The predicted octanol–water partition coefficient (Wildman–Crippen LogP) is -0.0354. The van der Waals surface area contributed by atoms with Crippen LogP contribution in [0.1, 0.15) is 17.3 Å². The molecule has 1 aromatic rings. The second-order valence-corrected chi connectivity index (χ2v) is 3.92. The van der Waals surface area contributed by atoms with Crippen molar-refractivity contribution in [3.63, 3.8) is 0 Å². The minimum Gasteiger partial charge on any atom is -0.504 e. The number of aromatic hydroxyl groups is 1. The predicted molar refractivity (Wildman–Crippen MR) is 65.2 cm³/mol. The van der Waals surface area contributed by atoms with E-state index in [4.69, 9.17) is 9.84 Å². The number of carboxylic acids is 1. The molecule has 7 heteroatoms. The van der Waals surface area contributed by atoms with E-state index in [-0.39, 0.29) is 17.1 Å². The molecule has 7 nitrogen and oxygen atoms in total. The van der Waals surface area contributed by atoms with Crippen molar-refractivity contribution < 1.29 is 29.6 Å². The summed E-state index contributed by atoms with van der Waals surface area (Å²) in [6.45, 7) is 1.26. The SMILES string of the molecule is COc1cc(C(=O)NC(C(=O)O)C(C)O)ccc1O. The highest BCUT2D eigenvalue weighted by molar-refractivity contribution is 5.97. The van der Waals surface area contributed by atoms with Crippen LogP contribution < -0.4 is 10.1 Å². The van der Waals surface area contributed by atoms with E-state index in [1.807, 2.05) is 0 Å². The van der Waals surface area contributed by atoms with Gasteiger partial charge in [0.25, 0.3) is 5.91 Å². The third-order valence-electron chi connectivity index (χ3n) is 2.48. The number of nitrogens with one attached hydrogen (secondary N) is 1. The van der Waals surface area contributed by atoms with Crippen LogP contribution in [0, 0.1) is 0 Å². The third-order valence-corrected chi connectivity index (χ3v) is 2.48. The number of hydrogen-bond acceptors (Lipinski definition) is 5. The number of aliphatic hydroxyl groups is 1. The lowest BCUT2D eigenvalue weighted by atomic mass is 10.1. The van der Waals surface area contributed by atoms with Gasteiger partial charge >= 0.3 is 5.97 Å². The molecule has 0 aliphatic rings. The van der Waals surface area contributed by atoms with Crippen LogP contribution in [0.3, 0.4) is 0 Å². The van der Waals surface area contributed by atoms with Gasteiger partial charge in [0.15, 0.2) is 17.5 Å². The van der Waals surface area contributed by atoms with Crippen molar-refractivity contribution >= 4 is 11.9 Å². The van der Waals surface area contributed by atoms with Crippen molar-refractivity contribution in [3.8, 4) is 11.5 Å². The fourth-order valence-corrected chi connectivity index (χ4v) is 1.43. The zero-order chi connectivity index (χ0) is 14.6. The van der Waals surface area contributed by atoms with E-state index in [2.05, 4.69) is 5.32 Å². The molecule has 0 bridgehead atoms. The molecule has 104 valence electrons. The van der Waals surface area contributed by atoms with Gasteiger partial charge in [-0.1, -0.05) is 0 Å². The summed E-state index contributed by atoms with van der Waals surface area (Å²) in [5, 5.41) is 29.7. The van der Waals surface area contributed by atoms with Crippen LogP contribution in [0.15, 0.2) is 18.2 Å². The van der Waals surface area contributed by atoms with E-state index in [0.717, 1.165) is 0 Å². The number of ether oxygens (including phenoxy) is 1. The Hall–Kier alpha value is -2.28. The summed E-state index contributed by atoms with van der Waals surface area (Å²) in [6.07, 6.45) is -1.24. The molecule has 1 aromatic carbocycles. The minimum atomic E-state index is -1.41. The van der Waals surface area contributed by atoms with Crippen LogP contribution in [0.5, 0.6) is 11.5 Å². The smallest absolute Gasteiger partial charge is 0.328 e.